The van der Waals surface area contributed by atoms with Crippen molar-refractivity contribution < 1.29 is 14.3 Å². The van der Waals surface area contributed by atoms with E-state index in [0.29, 0.717) is 17.0 Å². The molecule has 5 heteroatoms. The maximum atomic E-state index is 12.8. The van der Waals surface area contributed by atoms with E-state index in [0.717, 1.165) is 17.1 Å². The number of nitrogens with zero attached hydrogens (tertiary/aromatic N) is 1. The molecular formula is C19H25NO3S. The summed E-state index contributed by atoms with van der Waals surface area (Å²) in [5, 5.41) is 0. The van der Waals surface area contributed by atoms with Gasteiger partial charge in [-0.3, -0.25) is 14.5 Å². The Morgan fingerprint density at radius 2 is 1.67 bits per heavy atom. The van der Waals surface area contributed by atoms with Gasteiger partial charge in [0.05, 0.1) is 16.6 Å². The first-order chi connectivity index (χ1) is 11.3. The SMILES string of the molecule is CCSC1=C(c2ccc(OC(C)C)cc2)C(=O)N(CC(C)C)C1=O. The first-order valence-electron chi connectivity index (χ1n) is 8.35. The van der Waals surface area contributed by atoms with Crippen molar-refractivity contribution in [3.05, 3.63) is 34.7 Å². The molecule has 130 valence electrons. The average Bonchev–Trinajstić information content (AvgIpc) is 2.72. The van der Waals surface area contributed by atoms with Crippen molar-refractivity contribution >= 4 is 29.1 Å². The molecule has 1 aromatic rings. The Kier molecular flexibility index (Phi) is 6.10. The smallest absolute Gasteiger partial charge is 0.267 e. The molecule has 1 aliphatic rings. The van der Waals surface area contributed by atoms with Gasteiger partial charge in [0.15, 0.2) is 0 Å². The predicted molar refractivity (Wildman–Crippen MR) is 98.8 cm³/mol. The van der Waals surface area contributed by atoms with Gasteiger partial charge in [-0.2, -0.15) is 0 Å². The Labute approximate surface area is 148 Å². The summed E-state index contributed by atoms with van der Waals surface area (Å²) in [6, 6.07) is 7.40. The van der Waals surface area contributed by atoms with E-state index in [9.17, 15) is 9.59 Å². The van der Waals surface area contributed by atoms with Crippen LogP contribution in [0.25, 0.3) is 5.57 Å². The van der Waals surface area contributed by atoms with Gasteiger partial charge in [-0.05, 0) is 43.2 Å². The highest BCUT2D eigenvalue weighted by molar-refractivity contribution is 8.04. The third-order valence-corrected chi connectivity index (χ3v) is 4.43. The first kappa shape index (κ1) is 18.6. The lowest BCUT2D eigenvalue weighted by atomic mass is 10.1. The van der Waals surface area contributed by atoms with Crippen LogP contribution in [-0.2, 0) is 9.59 Å². The molecule has 0 saturated carbocycles. The maximum absolute atomic E-state index is 12.8. The van der Waals surface area contributed by atoms with Crippen molar-refractivity contribution in [1.82, 2.24) is 4.90 Å². The average molecular weight is 347 g/mol. The number of amides is 2. The Morgan fingerprint density at radius 1 is 1.04 bits per heavy atom. The quantitative estimate of drug-likeness (QED) is 0.700. The Balaban J connectivity index is 2.36. The van der Waals surface area contributed by atoms with Crippen LogP contribution >= 0.6 is 11.8 Å². The molecule has 1 heterocycles. The summed E-state index contributed by atoms with van der Waals surface area (Å²) < 4.78 is 5.64. The van der Waals surface area contributed by atoms with Crippen LogP contribution in [0, 0.1) is 5.92 Å². The summed E-state index contributed by atoms with van der Waals surface area (Å²) in [7, 11) is 0. The van der Waals surface area contributed by atoms with Crippen molar-refractivity contribution in [2.24, 2.45) is 5.92 Å². The van der Waals surface area contributed by atoms with E-state index in [2.05, 4.69) is 0 Å². The molecule has 4 nitrogen and oxygen atoms in total. The van der Waals surface area contributed by atoms with Crippen molar-refractivity contribution in [3.63, 3.8) is 0 Å². The number of carbonyl (C=O) groups is 2. The van der Waals surface area contributed by atoms with Crippen LogP contribution in [-0.4, -0.2) is 35.1 Å². The van der Waals surface area contributed by atoms with Crippen LogP contribution in [0.5, 0.6) is 5.75 Å². The van der Waals surface area contributed by atoms with Crippen molar-refractivity contribution in [3.8, 4) is 5.75 Å². The summed E-state index contributed by atoms with van der Waals surface area (Å²) in [5.41, 5.74) is 1.29. The van der Waals surface area contributed by atoms with Gasteiger partial charge in [-0.25, -0.2) is 0 Å². The van der Waals surface area contributed by atoms with Gasteiger partial charge in [0.1, 0.15) is 5.75 Å². The Hall–Kier alpha value is -1.75. The van der Waals surface area contributed by atoms with Gasteiger partial charge < -0.3 is 4.74 Å². The fourth-order valence-corrected chi connectivity index (χ4v) is 3.46. The molecule has 0 saturated heterocycles. The number of thioether (sulfide) groups is 1. The predicted octanol–water partition coefficient (Wildman–Crippen LogP) is 3.96. The van der Waals surface area contributed by atoms with E-state index in [-0.39, 0.29) is 23.8 Å². The molecule has 0 aromatic heterocycles. The van der Waals surface area contributed by atoms with Crippen LogP contribution in [0.4, 0.5) is 0 Å². The van der Waals surface area contributed by atoms with Crippen molar-refractivity contribution in [1.29, 1.82) is 0 Å². The van der Waals surface area contributed by atoms with Crippen molar-refractivity contribution in [2.75, 3.05) is 12.3 Å². The third kappa shape index (κ3) is 4.01. The molecule has 0 radical (unpaired) electrons. The van der Waals surface area contributed by atoms with E-state index in [4.69, 9.17) is 4.74 Å². The Morgan fingerprint density at radius 3 is 2.17 bits per heavy atom. The third-order valence-electron chi connectivity index (χ3n) is 3.48. The highest BCUT2D eigenvalue weighted by Crippen LogP contribution is 2.36. The minimum Gasteiger partial charge on any atom is -0.491 e. The normalized spacial score (nSPS) is 15.2. The molecule has 0 fully saturated rings. The van der Waals surface area contributed by atoms with Crippen LogP contribution in [0.3, 0.4) is 0 Å². The molecule has 2 amide bonds. The second-order valence-electron chi connectivity index (χ2n) is 6.44. The van der Waals surface area contributed by atoms with Gasteiger partial charge in [-0.15, -0.1) is 11.8 Å². The maximum Gasteiger partial charge on any atom is 0.267 e. The summed E-state index contributed by atoms with van der Waals surface area (Å²) >= 11 is 1.44. The fourth-order valence-electron chi connectivity index (χ4n) is 2.59. The first-order valence-corrected chi connectivity index (χ1v) is 9.34. The second kappa shape index (κ2) is 7.88. The molecule has 0 spiro atoms. The van der Waals surface area contributed by atoms with Crippen LogP contribution < -0.4 is 4.74 Å². The van der Waals surface area contributed by atoms with Gasteiger partial charge in [0.2, 0.25) is 0 Å². The molecule has 24 heavy (non-hydrogen) atoms. The number of hydrogen-bond donors (Lipinski definition) is 0. The number of benzene rings is 1. The fraction of sp³-hybridized carbons (Fsp3) is 0.474. The molecule has 1 aromatic carbocycles. The highest BCUT2D eigenvalue weighted by Gasteiger charge is 2.38. The zero-order valence-electron chi connectivity index (χ0n) is 15.0. The highest BCUT2D eigenvalue weighted by atomic mass is 32.2. The molecule has 2 rings (SSSR count). The van der Waals surface area contributed by atoms with Crippen LogP contribution in [0.2, 0.25) is 0 Å². The number of hydrogen-bond acceptors (Lipinski definition) is 4. The lowest BCUT2D eigenvalue weighted by Gasteiger charge is -2.17. The van der Waals surface area contributed by atoms with E-state index >= 15 is 0 Å². The lowest BCUT2D eigenvalue weighted by molar-refractivity contribution is -0.137. The summed E-state index contributed by atoms with van der Waals surface area (Å²) in [6.45, 7) is 10.4. The summed E-state index contributed by atoms with van der Waals surface area (Å²) in [5.74, 6) is 1.39. The molecular weight excluding hydrogens is 322 g/mol. The zero-order chi connectivity index (χ0) is 17.9. The van der Waals surface area contributed by atoms with Gasteiger partial charge in [-0.1, -0.05) is 32.9 Å². The number of imide groups is 1. The van der Waals surface area contributed by atoms with Crippen molar-refractivity contribution in [2.45, 2.75) is 40.7 Å². The molecule has 0 aliphatic carbocycles. The largest absolute Gasteiger partial charge is 0.491 e. The van der Waals surface area contributed by atoms with Crippen LogP contribution in [0.15, 0.2) is 29.2 Å². The van der Waals surface area contributed by atoms with E-state index in [1.165, 1.54) is 16.7 Å². The van der Waals surface area contributed by atoms with E-state index in [1.54, 1.807) is 0 Å². The van der Waals surface area contributed by atoms with Gasteiger partial charge >= 0.3 is 0 Å². The minimum atomic E-state index is -0.192. The Bertz CT molecular complexity index is 647. The van der Waals surface area contributed by atoms with Crippen LogP contribution in [0.1, 0.15) is 40.2 Å². The molecule has 0 atom stereocenters. The van der Waals surface area contributed by atoms with E-state index < -0.39 is 0 Å². The lowest BCUT2D eigenvalue weighted by Crippen LogP contribution is -2.34. The summed E-state index contributed by atoms with van der Waals surface area (Å²) in [4.78, 5) is 27.4. The van der Waals surface area contributed by atoms with Gasteiger partial charge in [0, 0.05) is 6.54 Å². The second-order valence-corrected chi connectivity index (χ2v) is 7.72. The minimum absolute atomic E-state index is 0.0949. The number of rotatable bonds is 7. The zero-order valence-corrected chi connectivity index (χ0v) is 15.8. The number of ether oxygens (including phenoxy) is 1. The monoisotopic (exact) mass is 347 g/mol. The van der Waals surface area contributed by atoms with E-state index in [1.807, 2.05) is 58.9 Å². The molecule has 0 N–H and O–H groups in total. The molecule has 0 unspecified atom stereocenters. The topological polar surface area (TPSA) is 46.6 Å². The summed E-state index contributed by atoms with van der Waals surface area (Å²) in [6.07, 6.45) is 0.0949. The molecule has 1 aliphatic heterocycles. The van der Waals surface area contributed by atoms with Gasteiger partial charge in [0.25, 0.3) is 11.8 Å². The number of carbonyl (C=O) groups excluding carboxylic acids is 2. The molecule has 0 bridgehead atoms. The standard InChI is InChI=1S/C19H25NO3S/c1-6-24-17-16(18(21)20(19(17)22)11-12(2)3)14-7-9-15(10-8-14)23-13(4)5/h7-10,12-13H,6,11H2,1-5H3.